The topological polar surface area (TPSA) is 71.1 Å². The van der Waals surface area contributed by atoms with E-state index in [2.05, 4.69) is 10.2 Å². The number of ether oxygens (including phenoxy) is 2. The Labute approximate surface area is 154 Å². The lowest BCUT2D eigenvalue weighted by atomic mass is 10.00. The molecule has 0 bridgehead atoms. The van der Waals surface area contributed by atoms with E-state index >= 15 is 0 Å². The summed E-state index contributed by atoms with van der Waals surface area (Å²) in [7, 11) is 0. The van der Waals surface area contributed by atoms with Crippen molar-refractivity contribution < 1.29 is 19.1 Å². The summed E-state index contributed by atoms with van der Waals surface area (Å²) in [6.07, 6.45) is 0.824. The summed E-state index contributed by atoms with van der Waals surface area (Å²) in [5.41, 5.74) is -0.832. The second kappa shape index (κ2) is 8.05. The first kappa shape index (κ1) is 18.7. The van der Waals surface area contributed by atoms with Gasteiger partial charge in [0.25, 0.3) is 17.4 Å². The Kier molecular flexibility index (Phi) is 5.78. The van der Waals surface area contributed by atoms with Gasteiger partial charge in [0.1, 0.15) is 5.75 Å². The van der Waals surface area contributed by atoms with Gasteiger partial charge in [-0.2, -0.15) is 0 Å². The van der Waals surface area contributed by atoms with Crippen LogP contribution in [0, 0.1) is 0 Å². The molecule has 2 amide bonds. The molecular weight excluding hydrogens is 334 g/mol. The Morgan fingerprint density at radius 2 is 2.00 bits per heavy atom. The Morgan fingerprint density at radius 3 is 2.73 bits per heavy atom. The van der Waals surface area contributed by atoms with Crippen LogP contribution >= 0.6 is 0 Å². The molecule has 1 aromatic carbocycles. The molecule has 7 nitrogen and oxygen atoms in total. The lowest BCUT2D eigenvalue weighted by molar-refractivity contribution is -0.148. The number of fused-ring (bicyclic) bond motifs is 1. The molecule has 1 aromatic rings. The maximum absolute atomic E-state index is 12.9. The van der Waals surface area contributed by atoms with E-state index in [1.54, 1.807) is 17.9 Å². The number of hydrogen-bond donors (Lipinski definition) is 1. The highest BCUT2D eigenvalue weighted by molar-refractivity contribution is 6.16. The van der Waals surface area contributed by atoms with Crippen molar-refractivity contribution in [2.45, 2.75) is 25.9 Å². The van der Waals surface area contributed by atoms with Gasteiger partial charge < -0.3 is 19.7 Å². The number of hydrogen-bond acceptors (Lipinski definition) is 5. The van der Waals surface area contributed by atoms with Crippen molar-refractivity contribution in [3.63, 3.8) is 0 Å². The highest BCUT2D eigenvalue weighted by atomic mass is 16.5. The smallest absolute Gasteiger partial charge is 0.280 e. The van der Waals surface area contributed by atoms with E-state index in [0.29, 0.717) is 24.5 Å². The third-order valence-corrected chi connectivity index (χ3v) is 4.91. The van der Waals surface area contributed by atoms with Crippen LogP contribution in [0.3, 0.4) is 0 Å². The summed E-state index contributed by atoms with van der Waals surface area (Å²) < 4.78 is 11.2. The van der Waals surface area contributed by atoms with Crippen LogP contribution in [0.25, 0.3) is 0 Å². The molecule has 1 atom stereocenters. The number of carbonyl (C=O) groups is 2. The molecule has 1 fully saturated rings. The van der Waals surface area contributed by atoms with Gasteiger partial charge in [0.05, 0.1) is 18.9 Å². The van der Waals surface area contributed by atoms with Crippen molar-refractivity contribution in [2.24, 2.45) is 0 Å². The minimum atomic E-state index is -1.54. The maximum atomic E-state index is 12.9. The van der Waals surface area contributed by atoms with E-state index in [-0.39, 0.29) is 5.91 Å². The second-order valence-corrected chi connectivity index (χ2v) is 6.72. The summed E-state index contributed by atoms with van der Waals surface area (Å²) in [6.45, 7) is 8.71. The number of nitrogens with one attached hydrogen (secondary N) is 1. The number of para-hydroxylation sites is 2. The number of benzene rings is 1. The average molecular weight is 361 g/mol. The third-order valence-electron chi connectivity index (χ3n) is 4.91. The van der Waals surface area contributed by atoms with Crippen molar-refractivity contribution in [3.8, 4) is 5.75 Å². The van der Waals surface area contributed by atoms with Gasteiger partial charge in [-0.25, -0.2) is 0 Å². The van der Waals surface area contributed by atoms with E-state index in [9.17, 15) is 9.59 Å². The molecule has 2 aliphatic rings. The Bertz CT molecular complexity index is 660. The van der Waals surface area contributed by atoms with Crippen molar-refractivity contribution in [1.29, 1.82) is 0 Å². The summed E-state index contributed by atoms with van der Waals surface area (Å²) in [5.74, 6) is -0.165. The number of carbonyl (C=O) groups excluding carboxylic acids is 2. The maximum Gasteiger partial charge on any atom is 0.280 e. The van der Waals surface area contributed by atoms with Gasteiger partial charge in [-0.15, -0.1) is 0 Å². The molecule has 1 unspecified atom stereocenters. The van der Waals surface area contributed by atoms with Gasteiger partial charge in [-0.05, 0) is 38.9 Å². The lowest BCUT2D eigenvalue weighted by Crippen LogP contribution is -2.62. The quantitative estimate of drug-likeness (QED) is 0.605. The first-order chi connectivity index (χ1) is 12.6. The first-order valence-corrected chi connectivity index (χ1v) is 9.24. The van der Waals surface area contributed by atoms with Crippen LogP contribution in [-0.2, 0) is 14.3 Å². The fourth-order valence-electron chi connectivity index (χ4n) is 3.35. The number of likely N-dealkylation sites (N-methyl/N-ethyl adjacent to an activating group) is 1. The monoisotopic (exact) mass is 361 g/mol. The molecule has 2 aliphatic heterocycles. The summed E-state index contributed by atoms with van der Waals surface area (Å²) in [4.78, 5) is 29.5. The molecule has 0 aromatic heterocycles. The second-order valence-electron chi connectivity index (χ2n) is 6.72. The molecule has 0 saturated carbocycles. The molecule has 1 saturated heterocycles. The van der Waals surface area contributed by atoms with Crippen molar-refractivity contribution in [3.05, 3.63) is 24.3 Å². The molecule has 0 spiro atoms. The number of morpholine rings is 1. The number of rotatable bonds is 6. The zero-order chi connectivity index (χ0) is 18.6. The highest BCUT2D eigenvalue weighted by Crippen LogP contribution is 2.37. The highest BCUT2D eigenvalue weighted by Gasteiger charge is 2.50. The predicted molar refractivity (Wildman–Crippen MR) is 98.4 cm³/mol. The van der Waals surface area contributed by atoms with E-state index in [1.165, 1.54) is 0 Å². The molecular formula is C19H27N3O4. The largest absolute Gasteiger partial charge is 0.466 e. The number of amides is 2. The van der Waals surface area contributed by atoms with Crippen LogP contribution < -0.4 is 15.0 Å². The van der Waals surface area contributed by atoms with Gasteiger partial charge in [0.15, 0.2) is 0 Å². The van der Waals surface area contributed by atoms with Gasteiger partial charge >= 0.3 is 0 Å². The van der Waals surface area contributed by atoms with Crippen LogP contribution in [0.4, 0.5) is 5.69 Å². The van der Waals surface area contributed by atoms with Crippen LogP contribution in [0.5, 0.6) is 5.75 Å². The summed E-state index contributed by atoms with van der Waals surface area (Å²) >= 11 is 0. The first-order valence-electron chi connectivity index (χ1n) is 9.24. The molecule has 142 valence electrons. The molecule has 1 N–H and O–H groups in total. The third kappa shape index (κ3) is 3.68. The zero-order valence-electron chi connectivity index (χ0n) is 15.5. The fourth-order valence-corrected chi connectivity index (χ4v) is 3.35. The zero-order valence-corrected chi connectivity index (χ0v) is 15.5. The van der Waals surface area contributed by atoms with Crippen LogP contribution in [0.2, 0.25) is 0 Å². The summed E-state index contributed by atoms with van der Waals surface area (Å²) in [5, 5.41) is 2.87. The van der Waals surface area contributed by atoms with Gasteiger partial charge in [0.2, 0.25) is 0 Å². The standard InChI is InChI=1S/C19H27N3O4/c1-3-22-15-7-4-5-8-16(15)26-19(2,18(22)24)17(23)20-9-6-10-21-11-13-25-14-12-21/h4-5,7-8H,3,6,9-14H2,1-2H3,(H,20,23). The molecule has 7 heteroatoms. The summed E-state index contributed by atoms with van der Waals surface area (Å²) in [6, 6.07) is 7.31. The van der Waals surface area contributed by atoms with Gasteiger partial charge in [0, 0.05) is 26.2 Å². The molecule has 0 aliphatic carbocycles. The Balaban J connectivity index is 1.60. The molecule has 26 heavy (non-hydrogen) atoms. The minimum absolute atomic E-state index is 0.329. The van der Waals surface area contributed by atoms with E-state index < -0.39 is 11.5 Å². The van der Waals surface area contributed by atoms with E-state index in [0.717, 1.165) is 39.3 Å². The Hall–Kier alpha value is -2.12. The SMILES string of the molecule is CCN1C(=O)C(C)(C(=O)NCCCN2CCOCC2)Oc2ccccc21. The van der Waals surface area contributed by atoms with Crippen LogP contribution in [0.1, 0.15) is 20.3 Å². The van der Waals surface area contributed by atoms with Crippen LogP contribution in [-0.4, -0.2) is 68.3 Å². The average Bonchev–Trinajstić information content (AvgIpc) is 2.67. The van der Waals surface area contributed by atoms with Gasteiger partial charge in [-0.1, -0.05) is 12.1 Å². The lowest BCUT2D eigenvalue weighted by Gasteiger charge is -2.39. The van der Waals surface area contributed by atoms with Crippen LogP contribution in [0.15, 0.2) is 24.3 Å². The van der Waals surface area contributed by atoms with Crippen molar-refractivity contribution in [2.75, 3.05) is 50.8 Å². The minimum Gasteiger partial charge on any atom is -0.466 e. The fraction of sp³-hybridized carbons (Fsp3) is 0.579. The molecule has 3 rings (SSSR count). The Morgan fingerprint density at radius 1 is 1.27 bits per heavy atom. The van der Waals surface area contributed by atoms with E-state index in [4.69, 9.17) is 9.47 Å². The van der Waals surface area contributed by atoms with Gasteiger partial charge in [-0.3, -0.25) is 14.5 Å². The number of nitrogens with zero attached hydrogens (tertiary/aromatic N) is 2. The number of anilines is 1. The normalized spacial score (nSPS) is 23.3. The molecule has 2 heterocycles. The predicted octanol–water partition coefficient (Wildman–Crippen LogP) is 1.03. The van der Waals surface area contributed by atoms with Crippen molar-refractivity contribution in [1.82, 2.24) is 10.2 Å². The van der Waals surface area contributed by atoms with Crippen molar-refractivity contribution >= 4 is 17.5 Å². The van der Waals surface area contributed by atoms with E-state index in [1.807, 2.05) is 25.1 Å². The molecule has 0 radical (unpaired) electrons.